The van der Waals surface area contributed by atoms with Crippen molar-refractivity contribution in [2.45, 2.75) is 32.1 Å². The molecule has 5 rings (SSSR count). The minimum atomic E-state index is 0.776. The van der Waals surface area contributed by atoms with E-state index in [0.29, 0.717) is 0 Å². The van der Waals surface area contributed by atoms with Crippen molar-refractivity contribution in [2.75, 3.05) is 60.6 Å². The normalized spacial score (nSPS) is 19.0. The van der Waals surface area contributed by atoms with Gasteiger partial charge in [-0.2, -0.15) is 0 Å². The Hall–Kier alpha value is -2.70. The summed E-state index contributed by atoms with van der Waals surface area (Å²) >= 11 is 0. The van der Waals surface area contributed by atoms with Crippen LogP contribution in [0.1, 0.15) is 29.5 Å². The van der Waals surface area contributed by atoms with Gasteiger partial charge >= 0.3 is 0 Å². The van der Waals surface area contributed by atoms with Gasteiger partial charge in [0.25, 0.3) is 0 Å². The van der Waals surface area contributed by atoms with Crippen LogP contribution in [0.5, 0.6) is 17.2 Å². The van der Waals surface area contributed by atoms with Gasteiger partial charge in [-0.15, -0.1) is 0 Å². The van der Waals surface area contributed by atoms with E-state index in [4.69, 9.17) is 14.2 Å². The molecule has 1 N–H and O–H groups in total. The van der Waals surface area contributed by atoms with Crippen LogP contribution in [0.3, 0.4) is 0 Å². The number of hydrogen-bond donors (Lipinski definition) is 1. The molecule has 0 radical (unpaired) electrons. The van der Waals surface area contributed by atoms with E-state index in [1.807, 2.05) is 6.07 Å². The third kappa shape index (κ3) is 5.44. The molecule has 188 valence electrons. The molecule has 2 aliphatic rings. The Labute approximate surface area is 209 Å². The molecule has 0 aliphatic carbocycles. The third-order valence-corrected chi connectivity index (χ3v) is 7.88. The zero-order valence-corrected chi connectivity index (χ0v) is 21.4. The minimum Gasteiger partial charge on any atom is -0.497 e. The summed E-state index contributed by atoms with van der Waals surface area (Å²) < 4.78 is 16.5. The highest BCUT2D eigenvalue weighted by Gasteiger charge is 2.25. The van der Waals surface area contributed by atoms with Crippen LogP contribution < -0.4 is 14.2 Å². The number of nitrogens with zero attached hydrogens (tertiary/aromatic N) is 2. The van der Waals surface area contributed by atoms with Crippen molar-refractivity contribution in [3.8, 4) is 17.2 Å². The Morgan fingerprint density at radius 3 is 2.31 bits per heavy atom. The summed E-state index contributed by atoms with van der Waals surface area (Å²) in [5.41, 5.74) is 5.41. The Bertz CT molecular complexity index is 1110. The molecule has 1 aromatic heterocycles. The standard InChI is InChI=1S/C29H39N3O3/c1-33-25-6-7-27-26(17-25)24(18-30-27)5-4-11-31-12-8-21(19-31)20-32-13-9-22-15-28(34-2)29(35-3)16-23(22)10-14-32/h6-7,15-18,21,30H,4-5,8-14,19-20H2,1-3H3. The molecule has 3 heterocycles. The topological polar surface area (TPSA) is 50.0 Å². The Morgan fingerprint density at radius 2 is 1.63 bits per heavy atom. The van der Waals surface area contributed by atoms with Gasteiger partial charge in [0.1, 0.15) is 5.75 Å². The van der Waals surface area contributed by atoms with E-state index in [1.54, 1.807) is 21.3 Å². The van der Waals surface area contributed by atoms with E-state index < -0.39 is 0 Å². The van der Waals surface area contributed by atoms with Gasteiger partial charge in [0.05, 0.1) is 21.3 Å². The lowest BCUT2D eigenvalue weighted by atomic mass is 10.0. The molecule has 1 atom stereocenters. The number of likely N-dealkylation sites (tertiary alicyclic amines) is 1. The van der Waals surface area contributed by atoms with Gasteiger partial charge in [-0.05, 0) is 98.1 Å². The highest BCUT2D eigenvalue weighted by atomic mass is 16.5. The number of fused-ring (bicyclic) bond motifs is 2. The number of aromatic nitrogens is 1. The molecule has 6 heteroatoms. The molecule has 35 heavy (non-hydrogen) atoms. The number of aryl methyl sites for hydroxylation is 1. The maximum Gasteiger partial charge on any atom is 0.161 e. The molecule has 1 saturated heterocycles. The molecular weight excluding hydrogens is 438 g/mol. The van der Waals surface area contributed by atoms with Crippen molar-refractivity contribution in [1.29, 1.82) is 0 Å². The minimum absolute atomic E-state index is 0.776. The van der Waals surface area contributed by atoms with Gasteiger partial charge in [0.2, 0.25) is 0 Å². The largest absolute Gasteiger partial charge is 0.497 e. The predicted octanol–water partition coefficient (Wildman–Crippen LogP) is 4.55. The molecule has 0 amide bonds. The maximum absolute atomic E-state index is 5.53. The summed E-state index contributed by atoms with van der Waals surface area (Å²) in [6.45, 7) is 7.10. The number of aromatic amines is 1. The predicted molar refractivity (Wildman–Crippen MR) is 141 cm³/mol. The van der Waals surface area contributed by atoms with E-state index in [9.17, 15) is 0 Å². The van der Waals surface area contributed by atoms with Crippen molar-refractivity contribution < 1.29 is 14.2 Å². The van der Waals surface area contributed by atoms with E-state index in [-0.39, 0.29) is 0 Å². The Kier molecular flexibility index (Phi) is 7.49. The van der Waals surface area contributed by atoms with Gasteiger partial charge in [-0.3, -0.25) is 0 Å². The number of ether oxygens (including phenoxy) is 3. The smallest absolute Gasteiger partial charge is 0.161 e. The quantitative estimate of drug-likeness (QED) is 0.490. The van der Waals surface area contributed by atoms with E-state index in [0.717, 1.165) is 55.5 Å². The van der Waals surface area contributed by atoms with Crippen LogP contribution in [0, 0.1) is 5.92 Å². The highest BCUT2D eigenvalue weighted by Crippen LogP contribution is 2.32. The first-order valence-electron chi connectivity index (χ1n) is 13.0. The Balaban J connectivity index is 1.09. The zero-order chi connectivity index (χ0) is 24.2. The van der Waals surface area contributed by atoms with Crippen molar-refractivity contribution >= 4 is 10.9 Å². The average Bonchev–Trinajstić information content (AvgIpc) is 3.46. The molecule has 1 fully saturated rings. The van der Waals surface area contributed by atoms with Crippen molar-refractivity contribution in [1.82, 2.24) is 14.8 Å². The number of methoxy groups -OCH3 is 3. The number of nitrogens with one attached hydrogen (secondary N) is 1. The third-order valence-electron chi connectivity index (χ3n) is 7.88. The molecule has 3 aromatic rings. The fraction of sp³-hybridized carbons (Fsp3) is 0.517. The number of benzene rings is 2. The van der Waals surface area contributed by atoms with Crippen LogP contribution in [0.2, 0.25) is 0 Å². The first kappa shape index (κ1) is 24.0. The second-order valence-corrected chi connectivity index (χ2v) is 10.1. The van der Waals surface area contributed by atoms with Gasteiger partial charge in [0.15, 0.2) is 11.5 Å². The van der Waals surface area contributed by atoms with Crippen molar-refractivity contribution in [3.63, 3.8) is 0 Å². The van der Waals surface area contributed by atoms with Crippen molar-refractivity contribution in [3.05, 3.63) is 53.2 Å². The average molecular weight is 478 g/mol. The summed E-state index contributed by atoms with van der Waals surface area (Å²) in [7, 11) is 5.17. The second-order valence-electron chi connectivity index (χ2n) is 10.1. The van der Waals surface area contributed by atoms with Gasteiger partial charge in [-0.25, -0.2) is 0 Å². The summed E-state index contributed by atoms with van der Waals surface area (Å²) in [5.74, 6) is 3.39. The highest BCUT2D eigenvalue weighted by molar-refractivity contribution is 5.84. The maximum atomic E-state index is 5.53. The summed E-state index contributed by atoms with van der Waals surface area (Å²) in [6, 6.07) is 10.6. The second kappa shape index (κ2) is 10.9. The molecular formula is C29H39N3O3. The summed E-state index contributed by atoms with van der Waals surface area (Å²) in [6.07, 6.45) is 7.95. The number of hydrogen-bond acceptors (Lipinski definition) is 5. The molecule has 0 bridgehead atoms. The first-order valence-corrected chi connectivity index (χ1v) is 13.0. The number of rotatable bonds is 9. The summed E-state index contributed by atoms with van der Waals surface area (Å²) in [5, 5.41) is 1.29. The van der Waals surface area contributed by atoms with Gasteiger partial charge in [-0.1, -0.05) is 0 Å². The van der Waals surface area contributed by atoms with Crippen molar-refractivity contribution in [2.24, 2.45) is 5.92 Å². The molecule has 6 nitrogen and oxygen atoms in total. The fourth-order valence-corrected chi connectivity index (χ4v) is 5.89. The fourth-order valence-electron chi connectivity index (χ4n) is 5.89. The molecule has 0 saturated carbocycles. The van der Waals surface area contributed by atoms with Crippen LogP contribution in [-0.2, 0) is 19.3 Å². The summed E-state index contributed by atoms with van der Waals surface area (Å²) in [4.78, 5) is 8.75. The van der Waals surface area contributed by atoms with E-state index in [1.165, 1.54) is 66.6 Å². The number of H-pyrrole nitrogens is 1. The van der Waals surface area contributed by atoms with E-state index >= 15 is 0 Å². The van der Waals surface area contributed by atoms with Crippen LogP contribution in [-0.4, -0.2) is 75.4 Å². The Morgan fingerprint density at radius 1 is 0.886 bits per heavy atom. The SMILES string of the molecule is COc1ccc2[nH]cc(CCCN3CCC(CN4CCc5cc(OC)c(OC)cc5CC4)C3)c2c1. The zero-order valence-electron chi connectivity index (χ0n) is 21.4. The molecule has 0 spiro atoms. The monoisotopic (exact) mass is 477 g/mol. The molecule has 2 aromatic carbocycles. The first-order chi connectivity index (χ1) is 17.2. The van der Waals surface area contributed by atoms with Crippen LogP contribution in [0.25, 0.3) is 10.9 Å². The van der Waals surface area contributed by atoms with Crippen LogP contribution in [0.15, 0.2) is 36.5 Å². The van der Waals surface area contributed by atoms with Gasteiger partial charge < -0.3 is 29.0 Å². The van der Waals surface area contributed by atoms with Crippen LogP contribution in [0.4, 0.5) is 0 Å². The molecule has 1 unspecified atom stereocenters. The van der Waals surface area contributed by atoms with Crippen LogP contribution >= 0.6 is 0 Å². The molecule has 2 aliphatic heterocycles. The lowest BCUT2D eigenvalue weighted by Gasteiger charge is -2.24. The van der Waals surface area contributed by atoms with Gasteiger partial charge in [0, 0.05) is 43.3 Å². The van der Waals surface area contributed by atoms with E-state index in [2.05, 4.69) is 45.2 Å². The lowest BCUT2D eigenvalue weighted by Crippen LogP contribution is -2.33. The lowest BCUT2D eigenvalue weighted by molar-refractivity contribution is 0.233.